The molecule has 2 aromatic rings. The Labute approximate surface area is 338 Å². The molecule has 0 bridgehead atoms. The summed E-state index contributed by atoms with van der Waals surface area (Å²) in [5.41, 5.74) is 1.01. The van der Waals surface area contributed by atoms with E-state index in [-0.39, 0.29) is 25.0 Å². The number of halogens is 1. The molecule has 2 saturated heterocycles. The number of rotatable bonds is 15. The third-order valence-electron chi connectivity index (χ3n) is 12.0. The monoisotopic (exact) mass is 807 g/mol. The number of alkyl carbamates (subject to hydrolysis) is 1. The minimum atomic E-state index is -1.41. The van der Waals surface area contributed by atoms with Crippen molar-refractivity contribution in [2.75, 3.05) is 46.0 Å². The van der Waals surface area contributed by atoms with Crippen molar-refractivity contribution < 1.29 is 43.2 Å². The Hall–Kier alpha value is -4.40. The van der Waals surface area contributed by atoms with E-state index in [9.17, 15) is 24.3 Å². The predicted molar refractivity (Wildman–Crippen MR) is 213 cm³/mol. The summed E-state index contributed by atoms with van der Waals surface area (Å²) in [6.45, 7) is 15.6. The largest absolute Gasteiger partial charge is 0.491 e. The van der Waals surface area contributed by atoms with Crippen LogP contribution >= 0.6 is 11.6 Å². The van der Waals surface area contributed by atoms with Crippen molar-refractivity contribution in [3.8, 4) is 11.5 Å². The van der Waals surface area contributed by atoms with Gasteiger partial charge in [0, 0.05) is 37.5 Å². The van der Waals surface area contributed by atoms with Crippen LogP contribution in [0.4, 0.5) is 4.79 Å². The van der Waals surface area contributed by atoms with Crippen LogP contribution in [0.2, 0.25) is 5.02 Å². The fourth-order valence-corrected chi connectivity index (χ4v) is 8.95. The van der Waals surface area contributed by atoms with Crippen LogP contribution in [0, 0.1) is 17.8 Å². The summed E-state index contributed by atoms with van der Waals surface area (Å²) in [6, 6.07) is 3.12. The van der Waals surface area contributed by atoms with Gasteiger partial charge in [-0.1, -0.05) is 37.1 Å². The number of fused-ring (bicyclic) bond motifs is 2. The van der Waals surface area contributed by atoms with E-state index >= 15 is 0 Å². The maximum Gasteiger partial charge on any atom is 0.408 e. The summed E-state index contributed by atoms with van der Waals surface area (Å²) in [5, 5.41) is 16.5. The lowest BCUT2D eigenvalue weighted by Crippen LogP contribution is -2.56. The molecule has 1 unspecified atom stereocenters. The molecule has 0 spiro atoms. The number of allylic oxidation sites excluding steroid dienone is 1. The Morgan fingerprint density at radius 3 is 2.47 bits per heavy atom. The Morgan fingerprint density at radius 2 is 1.82 bits per heavy atom. The molecule has 0 radical (unpaired) electrons. The molecule has 7 rings (SSSR count). The average molecular weight is 808 g/mol. The van der Waals surface area contributed by atoms with Crippen molar-refractivity contribution in [2.24, 2.45) is 17.8 Å². The molecule has 3 amide bonds. The van der Waals surface area contributed by atoms with Crippen LogP contribution in [0.3, 0.4) is 0 Å². The van der Waals surface area contributed by atoms with Gasteiger partial charge in [0.25, 0.3) is 0 Å². The molecule has 2 aliphatic heterocycles. The minimum absolute atomic E-state index is 0.0288. The molecule has 3 aliphatic carbocycles. The number of nitrogens with zero attached hydrogens (tertiary/aromatic N) is 3. The number of pyridine rings is 1. The molecular formula is C42H54ClN5O9. The number of carboxylic acid groups (broad SMARTS) is 1. The van der Waals surface area contributed by atoms with E-state index in [1.165, 1.54) is 11.3 Å². The van der Waals surface area contributed by atoms with Crippen molar-refractivity contribution >= 4 is 52.5 Å². The summed E-state index contributed by atoms with van der Waals surface area (Å²) < 4.78 is 23.9. The number of carbonyl (C=O) groups excluding carboxylic acids is 3. The minimum Gasteiger partial charge on any atom is -0.491 e. The second kappa shape index (κ2) is 16.8. The topological polar surface area (TPSA) is 169 Å². The molecule has 14 nitrogen and oxygen atoms in total. The molecule has 8 atom stereocenters. The van der Waals surface area contributed by atoms with E-state index in [0.29, 0.717) is 83.2 Å². The van der Waals surface area contributed by atoms with Crippen molar-refractivity contribution in [2.45, 2.75) is 96.1 Å². The van der Waals surface area contributed by atoms with Gasteiger partial charge in [-0.2, -0.15) is 0 Å². The predicted octanol–water partition coefficient (Wildman–Crippen LogP) is 5.21. The van der Waals surface area contributed by atoms with Crippen LogP contribution in [-0.2, 0) is 23.9 Å². The van der Waals surface area contributed by atoms with E-state index < -0.39 is 47.6 Å². The number of ether oxygens (including phenoxy) is 4. The molecule has 3 saturated carbocycles. The molecule has 57 heavy (non-hydrogen) atoms. The molecule has 3 N–H and O–H groups in total. The molecule has 1 aromatic carbocycles. The van der Waals surface area contributed by atoms with E-state index in [0.717, 1.165) is 38.0 Å². The second-order valence-corrected chi connectivity index (χ2v) is 17.0. The number of benzene rings is 1. The normalized spacial score (nSPS) is 28.2. The lowest BCUT2D eigenvalue weighted by Gasteiger charge is -2.29. The third-order valence-corrected chi connectivity index (χ3v) is 12.4. The number of hydrogen-bond acceptors (Lipinski definition) is 10. The molecule has 308 valence electrons. The molecule has 5 aliphatic rings. The van der Waals surface area contributed by atoms with Crippen molar-refractivity contribution in [3.05, 3.63) is 46.6 Å². The number of aromatic nitrogens is 1. The summed E-state index contributed by atoms with van der Waals surface area (Å²) in [6.07, 6.45) is 4.00. The Balaban J connectivity index is 1.14. The van der Waals surface area contributed by atoms with Gasteiger partial charge in [-0.15, -0.1) is 0 Å². The first-order valence-electron chi connectivity index (χ1n) is 20.1. The van der Waals surface area contributed by atoms with Gasteiger partial charge in [0.05, 0.1) is 31.0 Å². The van der Waals surface area contributed by atoms with Crippen LogP contribution in [-0.4, -0.2) is 120 Å². The summed E-state index contributed by atoms with van der Waals surface area (Å²) in [4.78, 5) is 62.5. The van der Waals surface area contributed by atoms with Crippen LogP contribution in [0.1, 0.15) is 71.9 Å². The van der Waals surface area contributed by atoms with Crippen LogP contribution in [0.25, 0.3) is 17.0 Å². The van der Waals surface area contributed by atoms with Crippen LogP contribution in [0.5, 0.6) is 11.5 Å². The molecule has 5 fully saturated rings. The summed E-state index contributed by atoms with van der Waals surface area (Å²) in [5.74, 6) is -0.393. The lowest BCUT2D eigenvalue weighted by atomic mass is 10.1. The molecule has 15 heteroatoms. The highest BCUT2D eigenvalue weighted by Crippen LogP contribution is 2.52. The fraction of sp³-hybridized carbons (Fsp3) is 0.595. The number of hydrogen-bond donors (Lipinski definition) is 3. The SMILES string of the molecule is C=C(C)[C@H](NC(=O)OC1C[C@@H]2C[C@@H]2C1)C(=O)N1C[C@H](Oc2cc(C=C(C)C)nc3c(Cl)c(OCCN4CCOCC4)ccc23)C[C@H]1C(=O)N[C@]1(C(=O)O)C[C@H]1CC. The Kier molecular flexibility index (Phi) is 12.0. The quantitative estimate of drug-likeness (QED) is 0.202. The van der Waals surface area contributed by atoms with Gasteiger partial charge in [0.1, 0.15) is 53.0 Å². The number of carbonyl (C=O) groups is 4. The van der Waals surface area contributed by atoms with E-state index in [2.05, 4.69) is 22.1 Å². The van der Waals surface area contributed by atoms with Gasteiger partial charge >= 0.3 is 12.1 Å². The number of amides is 3. The maximum absolute atomic E-state index is 14.4. The second-order valence-electron chi connectivity index (χ2n) is 16.6. The highest BCUT2D eigenvalue weighted by molar-refractivity contribution is 6.36. The summed E-state index contributed by atoms with van der Waals surface area (Å²) in [7, 11) is 0. The van der Waals surface area contributed by atoms with E-state index in [1.807, 2.05) is 32.9 Å². The number of aliphatic carboxylic acids is 1. The zero-order valence-electron chi connectivity index (χ0n) is 33.2. The summed E-state index contributed by atoms with van der Waals surface area (Å²) >= 11 is 6.97. The van der Waals surface area contributed by atoms with E-state index in [1.54, 1.807) is 19.1 Å². The highest BCUT2D eigenvalue weighted by atomic mass is 35.5. The first-order valence-corrected chi connectivity index (χ1v) is 20.5. The molecule has 1 aromatic heterocycles. The van der Waals surface area contributed by atoms with Gasteiger partial charge in [-0.05, 0) is 88.0 Å². The maximum atomic E-state index is 14.4. The smallest absolute Gasteiger partial charge is 0.408 e. The van der Waals surface area contributed by atoms with E-state index in [4.69, 9.17) is 35.5 Å². The first-order chi connectivity index (χ1) is 27.3. The van der Waals surface area contributed by atoms with Gasteiger partial charge in [0.2, 0.25) is 11.8 Å². The fourth-order valence-electron chi connectivity index (χ4n) is 8.68. The third kappa shape index (κ3) is 9.02. The van der Waals surface area contributed by atoms with Crippen molar-refractivity contribution in [1.29, 1.82) is 0 Å². The zero-order chi connectivity index (χ0) is 40.6. The lowest BCUT2D eigenvalue weighted by molar-refractivity contribution is -0.145. The van der Waals surface area contributed by atoms with Crippen molar-refractivity contribution in [1.82, 2.24) is 25.4 Å². The van der Waals surface area contributed by atoms with Gasteiger partial charge in [-0.3, -0.25) is 14.5 Å². The number of nitrogens with one attached hydrogen (secondary N) is 2. The highest BCUT2D eigenvalue weighted by Gasteiger charge is 2.61. The molecule has 3 heterocycles. The number of carboxylic acids is 1. The number of likely N-dealkylation sites (tertiary alicyclic amines) is 1. The standard InChI is InChI=1S/C42H54ClN5O9/c1-6-27-21-42(27,40(51)52)46-38(49)32-20-30(22-48(32)39(50)36(24(4)5)45-41(53)57-29-17-25-16-26(25)18-29)56-34-19-28(15-23(2)3)44-37-31(34)7-8-33(35(37)43)55-14-11-47-9-12-54-13-10-47/h7-8,15,19,25-27,29-30,32,36H,4,6,9-14,16-18,20-22H2,1-3,5H3,(H,45,53)(H,46,49)(H,51,52)/t25-,26+,27-,29?,30-,32+,36+,42-/m1/s1. The Bertz CT molecular complexity index is 1940. The van der Waals surface area contributed by atoms with Crippen LogP contribution < -0.4 is 20.1 Å². The number of morpholine rings is 1. The molecular weight excluding hydrogens is 754 g/mol. The van der Waals surface area contributed by atoms with Crippen LogP contribution in [0.15, 0.2) is 35.9 Å². The first kappa shape index (κ1) is 40.8. The van der Waals surface area contributed by atoms with Gasteiger partial charge in [0.15, 0.2) is 0 Å². The average Bonchev–Trinajstić information content (AvgIpc) is 3.98. The Morgan fingerprint density at radius 1 is 1.09 bits per heavy atom. The van der Waals surface area contributed by atoms with Gasteiger partial charge in [-0.25, -0.2) is 14.6 Å². The van der Waals surface area contributed by atoms with Crippen molar-refractivity contribution in [3.63, 3.8) is 0 Å². The zero-order valence-corrected chi connectivity index (χ0v) is 33.9. The van der Waals surface area contributed by atoms with Gasteiger partial charge < -0.3 is 39.6 Å².